The van der Waals surface area contributed by atoms with Gasteiger partial charge in [-0.3, -0.25) is 0 Å². The quantitative estimate of drug-likeness (QED) is 0.729. The number of rotatable bonds is 2. The molecule has 4 heteroatoms. The number of nitrogens with two attached hydrogens (primary N) is 1. The molecule has 3 nitrogen and oxygen atoms in total. The average Bonchev–Trinajstić information content (AvgIpc) is 2.11. The van der Waals surface area contributed by atoms with E-state index in [4.69, 9.17) is 5.73 Å². The third-order valence-corrected chi connectivity index (χ3v) is 5.89. The summed E-state index contributed by atoms with van der Waals surface area (Å²) in [5.41, 5.74) is 5.69. The zero-order valence-electron chi connectivity index (χ0n) is 8.58. The van der Waals surface area contributed by atoms with Crippen LogP contribution in [0.1, 0.15) is 33.6 Å². The van der Waals surface area contributed by atoms with E-state index in [1.807, 2.05) is 20.8 Å². The van der Waals surface area contributed by atoms with E-state index in [-0.39, 0.29) is 12.0 Å². The third-order valence-electron chi connectivity index (χ3n) is 3.18. The fraction of sp³-hybridized carbons (Fsp3) is 1.00. The first-order valence-corrected chi connectivity index (χ1v) is 6.40. The molecular weight excluding hydrogens is 186 g/mol. The minimum atomic E-state index is -2.87. The van der Waals surface area contributed by atoms with Gasteiger partial charge in [0.25, 0.3) is 0 Å². The molecule has 0 saturated carbocycles. The molecule has 1 saturated heterocycles. The monoisotopic (exact) mass is 205 g/mol. The van der Waals surface area contributed by atoms with Crippen molar-refractivity contribution in [2.45, 2.75) is 44.4 Å². The normalized spacial score (nSPS) is 33.1. The van der Waals surface area contributed by atoms with Crippen LogP contribution in [-0.2, 0) is 9.84 Å². The molecule has 1 aliphatic rings. The van der Waals surface area contributed by atoms with Crippen molar-refractivity contribution in [2.24, 2.45) is 11.7 Å². The Morgan fingerprint density at radius 1 is 1.54 bits per heavy atom. The Hall–Kier alpha value is -0.0900. The van der Waals surface area contributed by atoms with Crippen molar-refractivity contribution in [1.82, 2.24) is 0 Å². The van der Waals surface area contributed by atoms with Gasteiger partial charge in [0.05, 0.1) is 10.5 Å². The predicted octanol–water partition coefficient (Wildman–Crippen LogP) is 0.937. The summed E-state index contributed by atoms with van der Waals surface area (Å²) in [5, 5.41) is 0. The van der Waals surface area contributed by atoms with E-state index in [9.17, 15) is 8.42 Å². The topological polar surface area (TPSA) is 60.2 Å². The van der Waals surface area contributed by atoms with Crippen molar-refractivity contribution in [1.29, 1.82) is 0 Å². The first kappa shape index (κ1) is 11.0. The minimum absolute atomic E-state index is 0.0950. The van der Waals surface area contributed by atoms with Crippen LogP contribution in [0.4, 0.5) is 0 Å². The van der Waals surface area contributed by atoms with Gasteiger partial charge in [0, 0.05) is 6.04 Å². The summed E-state index contributed by atoms with van der Waals surface area (Å²) >= 11 is 0. The van der Waals surface area contributed by atoms with Crippen LogP contribution in [0.25, 0.3) is 0 Å². The molecule has 0 aromatic carbocycles. The Kier molecular flexibility index (Phi) is 2.74. The molecule has 2 atom stereocenters. The van der Waals surface area contributed by atoms with E-state index in [2.05, 4.69) is 0 Å². The average molecular weight is 205 g/mol. The van der Waals surface area contributed by atoms with Crippen LogP contribution in [0.2, 0.25) is 0 Å². The van der Waals surface area contributed by atoms with Gasteiger partial charge in [0.2, 0.25) is 0 Å². The molecule has 1 aliphatic heterocycles. The molecule has 1 fully saturated rings. The lowest BCUT2D eigenvalue weighted by Crippen LogP contribution is -2.36. The van der Waals surface area contributed by atoms with Crippen LogP contribution in [0.5, 0.6) is 0 Å². The van der Waals surface area contributed by atoms with E-state index in [0.717, 1.165) is 12.8 Å². The zero-order valence-corrected chi connectivity index (χ0v) is 9.39. The lowest BCUT2D eigenvalue weighted by Gasteiger charge is -2.26. The van der Waals surface area contributed by atoms with Crippen molar-refractivity contribution in [3.05, 3.63) is 0 Å². The third kappa shape index (κ3) is 1.89. The van der Waals surface area contributed by atoms with Gasteiger partial charge in [-0.2, -0.15) is 0 Å². The molecule has 0 spiro atoms. The summed E-state index contributed by atoms with van der Waals surface area (Å²) in [6, 6.07) is 0.0950. The van der Waals surface area contributed by atoms with Gasteiger partial charge in [0.1, 0.15) is 0 Å². The maximum Gasteiger partial charge on any atom is 0.155 e. The van der Waals surface area contributed by atoms with Gasteiger partial charge >= 0.3 is 0 Å². The van der Waals surface area contributed by atoms with Crippen molar-refractivity contribution >= 4 is 9.84 Å². The Labute approximate surface area is 80.6 Å². The van der Waals surface area contributed by atoms with Crippen molar-refractivity contribution < 1.29 is 8.42 Å². The second kappa shape index (κ2) is 3.24. The molecule has 2 N–H and O–H groups in total. The van der Waals surface area contributed by atoms with Crippen LogP contribution < -0.4 is 5.73 Å². The minimum Gasteiger partial charge on any atom is -0.328 e. The molecule has 1 unspecified atom stereocenters. The molecule has 0 bridgehead atoms. The highest BCUT2D eigenvalue weighted by Gasteiger charge is 2.47. The van der Waals surface area contributed by atoms with Crippen LogP contribution in [0.15, 0.2) is 0 Å². The summed E-state index contributed by atoms with van der Waals surface area (Å²) in [5.74, 6) is 0.565. The summed E-state index contributed by atoms with van der Waals surface area (Å²) in [4.78, 5) is 0. The molecule has 0 aromatic rings. The molecule has 0 aliphatic carbocycles. The van der Waals surface area contributed by atoms with Gasteiger partial charge in [-0.25, -0.2) is 8.42 Å². The first-order valence-electron chi connectivity index (χ1n) is 4.75. The SMILES string of the molecule is C[C@H](N)CC1CCS(=O)(=O)C1(C)C. The van der Waals surface area contributed by atoms with Gasteiger partial charge in [-0.1, -0.05) is 0 Å². The molecule has 1 rings (SSSR count). The highest BCUT2D eigenvalue weighted by atomic mass is 32.2. The largest absolute Gasteiger partial charge is 0.328 e. The van der Waals surface area contributed by atoms with E-state index in [1.54, 1.807) is 0 Å². The maximum atomic E-state index is 11.6. The Bertz CT molecular complexity index is 280. The predicted molar refractivity (Wildman–Crippen MR) is 54.2 cm³/mol. The Balaban J connectivity index is 2.83. The lowest BCUT2D eigenvalue weighted by atomic mass is 9.87. The standard InChI is InChI=1S/C9H19NO2S/c1-7(10)6-8-4-5-13(11,12)9(8,2)3/h7-8H,4-6,10H2,1-3H3/t7-,8?/m0/s1. The van der Waals surface area contributed by atoms with Crippen LogP contribution >= 0.6 is 0 Å². The number of hydrogen-bond donors (Lipinski definition) is 1. The molecule has 1 heterocycles. The summed E-state index contributed by atoms with van der Waals surface area (Å²) < 4.78 is 22.7. The van der Waals surface area contributed by atoms with E-state index >= 15 is 0 Å². The van der Waals surface area contributed by atoms with Crippen LogP contribution in [0.3, 0.4) is 0 Å². The summed E-state index contributed by atoms with van der Waals surface area (Å²) in [6.07, 6.45) is 1.59. The van der Waals surface area contributed by atoms with Crippen molar-refractivity contribution in [3.63, 3.8) is 0 Å². The molecule has 13 heavy (non-hydrogen) atoms. The maximum absolute atomic E-state index is 11.6. The van der Waals surface area contributed by atoms with Crippen LogP contribution in [-0.4, -0.2) is 25.0 Å². The van der Waals surface area contributed by atoms with Gasteiger partial charge in [0.15, 0.2) is 9.84 Å². The zero-order chi connectivity index (χ0) is 10.3. The molecular formula is C9H19NO2S. The smallest absolute Gasteiger partial charge is 0.155 e. The van der Waals surface area contributed by atoms with Crippen LogP contribution in [0, 0.1) is 5.92 Å². The fourth-order valence-corrected chi connectivity index (χ4v) is 3.86. The Morgan fingerprint density at radius 3 is 2.38 bits per heavy atom. The second-order valence-electron chi connectivity index (χ2n) is 4.62. The number of sulfone groups is 1. The van der Waals surface area contributed by atoms with Gasteiger partial charge in [-0.15, -0.1) is 0 Å². The number of hydrogen-bond acceptors (Lipinski definition) is 3. The lowest BCUT2D eigenvalue weighted by molar-refractivity contribution is 0.371. The van der Waals surface area contributed by atoms with E-state index < -0.39 is 14.6 Å². The second-order valence-corrected chi connectivity index (χ2v) is 7.31. The molecule has 78 valence electrons. The summed E-state index contributed by atoms with van der Waals surface area (Å²) in [7, 11) is -2.87. The van der Waals surface area contributed by atoms with Gasteiger partial charge < -0.3 is 5.73 Å². The fourth-order valence-electron chi connectivity index (χ4n) is 2.01. The van der Waals surface area contributed by atoms with E-state index in [1.165, 1.54) is 0 Å². The Morgan fingerprint density at radius 2 is 2.08 bits per heavy atom. The van der Waals surface area contributed by atoms with Crippen molar-refractivity contribution in [3.8, 4) is 0 Å². The highest BCUT2D eigenvalue weighted by Crippen LogP contribution is 2.39. The van der Waals surface area contributed by atoms with Gasteiger partial charge in [-0.05, 0) is 39.5 Å². The first-order chi connectivity index (χ1) is 5.77. The molecule has 0 aromatic heterocycles. The molecule has 0 amide bonds. The van der Waals surface area contributed by atoms with Crippen molar-refractivity contribution in [2.75, 3.05) is 5.75 Å². The molecule has 0 radical (unpaired) electrons. The summed E-state index contributed by atoms with van der Waals surface area (Å²) in [6.45, 7) is 5.58. The highest BCUT2D eigenvalue weighted by molar-refractivity contribution is 7.93. The van der Waals surface area contributed by atoms with E-state index in [0.29, 0.717) is 5.75 Å².